The summed E-state index contributed by atoms with van der Waals surface area (Å²) < 4.78 is 0. The summed E-state index contributed by atoms with van der Waals surface area (Å²) in [5.41, 5.74) is 15.4. The van der Waals surface area contributed by atoms with Crippen LogP contribution in [0.5, 0.6) is 0 Å². The van der Waals surface area contributed by atoms with Gasteiger partial charge < -0.3 is 11.5 Å². The molecule has 0 amide bonds. The smallest absolute Gasteiger partial charge is 0.0594 e. The molecule has 2 fully saturated rings. The molecule has 61 heavy (non-hydrogen) atoms. The zero-order valence-corrected chi connectivity index (χ0v) is 44.7. The molecule has 4 N–H and O–H groups in total. The Morgan fingerprint density at radius 1 is 0.410 bits per heavy atom. The summed E-state index contributed by atoms with van der Waals surface area (Å²) in [5, 5.41) is 0. The second-order valence-electron chi connectivity index (χ2n) is 25.4. The highest BCUT2D eigenvalue weighted by Crippen LogP contribution is 2.45. The minimum atomic E-state index is 0.675. The molecular formula is C19H70B40N2. The van der Waals surface area contributed by atoms with Crippen LogP contribution >= 0.6 is 0 Å². The van der Waals surface area contributed by atoms with E-state index in [0.29, 0.717) is 57.5 Å². The molecule has 0 aliphatic heterocycles. The first kappa shape index (κ1) is 56.7. The Labute approximate surface area is 408 Å². The first-order valence-electron chi connectivity index (χ1n) is 27.1. The number of benzene rings is 1. The molecule has 0 saturated heterocycles. The summed E-state index contributed by atoms with van der Waals surface area (Å²) in [6, 6.07) is 6.23. The molecule has 0 aromatic heterocycles. The number of hydrogen-bond donors (Lipinski definition) is 2. The molecule has 3 rings (SSSR count). The van der Waals surface area contributed by atoms with Crippen molar-refractivity contribution in [2.24, 2.45) is 17.8 Å². The normalized spacial score (nSPS) is 18.2. The van der Waals surface area contributed by atoms with E-state index in [4.69, 9.17) is 11.5 Å². The molecule has 2 nitrogen and oxygen atoms in total. The van der Waals surface area contributed by atoms with Gasteiger partial charge >= 0.3 is 0 Å². The molecule has 0 bridgehead atoms. The van der Waals surface area contributed by atoms with Gasteiger partial charge in [-0.2, -0.15) is 0 Å². The largest absolute Gasteiger partial charge is 0.399 e. The number of anilines is 2. The highest BCUT2D eigenvalue weighted by atomic mass is 14.6. The summed E-state index contributed by atoms with van der Waals surface area (Å²) in [4.78, 5) is 0. The second kappa shape index (κ2) is 26.2. The SMILES string of the molecule is BBB(B)B(B(B)B)B(B(B(B(B)B)B(B)B)B(B(B)B)B(B)B)B(B(B(B(B)B)B(B)B)B(B(B)B)B(B)B)C1CCC(C2CCC(Cc3cc(N)cc(N)c3)CC2)CC1. The predicted octanol–water partition coefficient (Wildman–Crippen LogP) is -21.5. The highest BCUT2D eigenvalue weighted by molar-refractivity contribution is 8.28. The molecule has 1 aromatic carbocycles. The number of nitrogens with two attached hydrogens (primary N) is 2. The van der Waals surface area contributed by atoms with E-state index in [-0.39, 0.29) is 0 Å². The van der Waals surface area contributed by atoms with Gasteiger partial charge in [-0.15, -0.1) is 0 Å². The average molecular weight is 759 g/mol. The Morgan fingerprint density at radius 3 is 1.05 bits per heavy atom. The van der Waals surface area contributed by atoms with Gasteiger partial charge in [0.1, 0.15) is 0 Å². The van der Waals surface area contributed by atoms with E-state index < -0.39 is 0 Å². The van der Waals surface area contributed by atoms with Gasteiger partial charge in [0.25, 0.3) is 0 Å². The van der Waals surface area contributed by atoms with Crippen molar-refractivity contribution in [1.82, 2.24) is 0 Å². The Morgan fingerprint density at radius 2 is 0.721 bits per heavy atom. The molecule has 2 aliphatic carbocycles. The van der Waals surface area contributed by atoms with E-state index in [0.717, 1.165) is 105 Å². The average Bonchev–Trinajstić information content (AvgIpc) is 3.13. The van der Waals surface area contributed by atoms with Gasteiger partial charge in [-0.25, -0.2) is 0 Å². The summed E-state index contributed by atoms with van der Waals surface area (Å²) in [7, 11) is 53.8. The van der Waals surface area contributed by atoms with Gasteiger partial charge in [-0.05, 0) is 73.6 Å². The van der Waals surface area contributed by atoms with E-state index >= 15 is 0 Å². The topological polar surface area (TPSA) is 52.0 Å². The van der Waals surface area contributed by atoms with Crippen molar-refractivity contribution in [1.29, 1.82) is 0 Å². The molecule has 0 radical (unpaired) electrons. The maximum atomic E-state index is 6.22. The molecular weight excluding hydrogens is 689 g/mol. The van der Waals surface area contributed by atoms with E-state index in [9.17, 15) is 0 Å². The van der Waals surface area contributed by atoms with Crippen LogP contribution in [0.1, 0.15) is 56.9 Å². The van der Waals surface area contributed by atoms with Crippen molar-refractivity contribution in [3.05, 3.63) is 23.8 Å². The van der Waals surface area contributed by atoms with Gasteiger partial charge in [0, 0.05) is 140 Å². The van der Waals surface area contributed by atoms with Crippen LogP contribution in [0.4, 0.5) is 11.4 Å². The number of nitrogen functional groups attached to an aromatic ring is 2. The first-order valence-corrected chi connectivity index (χ1v) is 27.1. The quantitative estimate of drug-likeness (QED) is 0.0862. The highest BCUT2D eigenvalue weighted by Gasteiger charge is 2.59. The zero-order valence-electron chi connectivity index (χ0n) is 44.7. The summed E-state index contributed by atoms with van der Waals surface area (Å²) in [6.07, 6.45) is 25.1. The van der Waals surface area contributed by atoms with Crippen LogP contribution in [0.25, 0.3) is 0 Å². The molecule has 1 aromatic rings. The number of hydrogen-bond acceptors (Lipinski definition) is 2. The third kappa shape index (κ3) is 15.2. The Hall–Kier alpha value is 1.42. The molecule has 276 valence electrons. The minimum Gasteiger partial charge on any atom is -0.399 e. The molecule has 2 aliphatic rings. The van der Waals surface area contributed by atoms with E-state index in [1.165, 1.54) is 64.0 Å². The standard InChI is InChI=1S/C19H70B40N2/c20-40-51(39)58(50(37)38)53(59(56(46(29)30)47(31)32)57(48(33)34)49(35)36)41(52(54(42(21)22)43(23)24)55(44(25)26)45(27)28)17-7-5-16(6-8-17)15-3-1-13(2-4-15)9-14-10-18(60)12-19(61)11-14/h10-13,15-17,40H,1-9,20-39,60-61H2. The minimum absolute atomic E-state index is 0.675. The zero-order chi connectivity index (χ0) is 46.2. The lowest BCUT2D eigenvalue weighted by molar-refractivity contribution is 0.167. The van der Waals surface area contributed by atoms with Crippen LogP contribution in [0, 0.1) is 17.8 Å². The van der Waals surface area contributed by atoms with Gasteiger partial charge in [0.2, 0.25) is 0 Å². The van der Waals surface area contributed by atoms with Crippen LogP contribution in [-0.4, -0.2) is 283 Å². The van der Waals surface area contributed by atoms with E-state index in [1.807, 2.05) is 6.07 Å². The maximum absolute atomic E-state index is 6.22. The lowest BCUT2D eigenvalue weighted by Gasteiger charge is -2.55. The molecule has 0 heterocycles. The lowest BCUT2D eigenvalue weighted by atomic mass is 8.30. The van der Waals surface area contributed by atoms with Crippen molar-refractivity contribution >= 4 is 295 Å². The lowest BCUT2D eigenvalue weighted by Crippen LogP contribution is -2.91. The second-order valence-corrected chi connectivity index (χ2v) is 25.4. The Bertz CT molecular complexity index is 1310. The third-order valence-electron chi connectivity index (χ3n) is 18.3. The van der Waals surface area contributed by atoms with Crippen molar-refractivity contribution in [3.63, 3.8) is 0 Å². The van der Waals surface area contributed by atoms with Gasteiger partial charge in [-0.1, -0.05) is 31.5 Å². The van der Waals surface area contributed by atoms with Crippen LogP contribution in [-0.2, 0) is 6.42 Å². The van der Waals surface area contributed by atoms with E-state index in [1.54, 1.807) is 0 Å². The summed E-state index contributed by atoms with van der Waals surface area (Å²) in [5.74, 6) is 3.38. The molecule has 0 unspecified atom stereocenters. The Balaban J connectivity index is 2.28. The van der Waals surface area contributed by atoms with Crippen LogP contribution in [0.3, 0.4) is 0 Å². The fraction of sp³-hybridized carbons (Fsp3) is 0.684. The molecule has 0 spiro atoms. The van der Waals surface area contributed by atoms with Crippen molar-refractivity contribution in [3.8, 4) is 0 Å². The number of rotatable bonds is 23. The van der Waals surface area contributed by atoms with Crippen LogP contribution in [0.15, 0.2) is 18.2 Å². The van der Waals surface area contributed by atoms with Gasteiger partial charge in [0.05, 0.1) is 155 Å². The van der Waals surface area contributed by atoms with Crippen molar-refractivity contribution < 1.29 is 0 Å². The molecule has 0 atom stereocenters. The Kier molecular flexibility index (Phi) is 24.4. The van der Waals surface area contributed by atoms with E-state index in [2.05, 4.69) is 167 Å². The van der Waals surface area contributed by atoms with Crippen LogP contribution < -0.4 is 11.5 Å². The van der Waals surface area contributed by atoms with Crippen molar-refractivity contribution in [2.75, 3.05) is 11.5 Å². The van der Waals surface area contributed by atoms with Gasteiger partial charge in [0.15, 0.2) is 0 Å². The molecule has 2 saturated carbocycles. The predicted molar refractivity (Wildman–Crippen MR) is 377 cm³/mol. The first-order chi connectivity index (χ1) is 28.4. The van der Waals surface area contributed by atoms with Gasteiger partial charge in [-0.3, -0.25) is 0 Å². The fourth-order valence-electron chi connectivity index (χ4n) is 16.6. The summed E-state index contributed by atoms with van der Waals surface area (Å²) in [6.45, 7) is 0.749. The molecule has 42 heteroatoms. The maximum Gasteiger partial charge on any atom is 0.0594 e. The van der Waals surface area contributed by atoms with Crippen LogP contribution in [0.2, 0.25) is 5.82 Å². The third-order valence-corrected chi connectivity index (χ3v) is 18.3. The fourth-order valence-corrected chi connectivity index (χ4v) is 16.6. The monoisotopic (exact) mass is 767 g/mol. The summed E-state index contributed by atoms with van der Waals surface area (Å²) >= 11 is 0. The van der Waals surface area contributed by atoms with Crippen molar-refractivity contribution in [2.45, 2.75) is 63.6 Å².